The Balaban J connectivity index is 1.35. The molecule has 1 fully saturated rings. The van der Waals surface area contributed by atoms with Crippen LogP contribution < -0.4 is 10.1 Å². The molecule has 4 rings (SSSR count). The van der Waals surface area contributed by atoms with Crippen LogP contribution in [0.2, 0.25) is 0 Å². The smallest absolute Gasteiger partial charge is 0.291 e. The summed E-state index contributed by atoms with van der Waals surface area (Å²) in [5, 5.41) is 7.33. The standard InChI is InChI=1S/C19H22N6O2/c1-12-11-13(2)25-19(21-12)23-17(24-25)18(26)22-14-6-8-15(9-7-14)27-16-5-3-4-10-20-16/h3-5,10-11,14-15H,6-9H2,1-2H3,(H,22,26). The fourth-order valence-corrected chi connectivity index (χ4v) is 3.43. The first-order valence-corrected chi connectivity index (χ1v) is 9.18. The van der Waals surface area contributed by atoms with Crippen LogP contribution >= 0.6 is 0 Å². The number of aromatic nitrogens is 5. The van der Waals surface area contributed by atoms with Gasteiger partial charge in [-0.3, -0.25) is 4.79 Å². The summed E-state index contributed by atoms with van der Waals surface area (Å²) in [6, 6.07) is 7.65. The van der Waals surface area contributed by atoms with Gasteiger partial charge in [0.25, 0.3) is 11.7 Å². The molecule has 0 unspecified atom stereocenters. The van der Waals surface area contributed by atoms with Crippen LogP contribution in [0.25, 0.3) is 5.78 Å². The molecular weight excluding hydrogens is 344 g/mol. The van der Waals surface area contributed by atoms with E-state index in [4.69, 9.17) is 4.74 Å². The zero-order valence-electron chi connectivity index (χ0n) is 15.4. The first-order chi connectivity index (χ1) is 13.1. The third-order valence-corrected chi connectivity index (χ3v) is 4.76. The third kappa shape index (κ3) is 3.89. The first-order valence-electron chi connectivity index (χ1n) is 9.18. The normalized spacial score (nSPS) is 19.8. The molecule has 8 nitrogen and oxygen atoms in total. The zero-order valence-corrected chi connectivity index (χ0v) is 15.4. The van der Waals surface area contributed by atoms with Crippen molar-refractivity contribution in [2.24, 2.45) is 0 Å². The molecule has 8 heteroatoms. The maximum atomic E-state index is 12.5. The molecule has 1 aliphatic carbocycles. The molecule has 0 saturated heterocycles. The zero-order chi connectivity index (χ0) is 18.8. The second kappa shape index (κ2) is 7.30. The highest BCUT2D eigenvalue weighted by Crippen LogP contribution is 2.23. The van der Waals surface area contributed by atoms with Gasteiger partial charge in [-0.15, -0.1) is 5.10 Å². The van der Waals surface area contributed by atoms with Crippen LogP contribution in [-0.2, 0) is 0 Å². The third-order valence-electron chi connectivity index (χ3n) is 4.76. The Kier molecular flexibility index (Phi) is 4.70. The van der Waals surface area contributed by atoms with Crippen molar-refractivity contribution in [2.75, 3.05) is 0 Å². The average molecular weight is 366 g/mol. The van der Waals surface area contributed by atoms with Gasteiger partial charge in [0.2, 0.25) is 11.7 Å². The molecule has 27 heavy (non-hydrogen) atoms. The van der Waals surface area contributed by atoms with E-state index in [1.54, 1.807) is 10.7 Å². The number of rotatable bonds is 4. The van der Waals surface area contributed by atoms with E-state index in [1.807, 2.05) is 38.1 Å². The van der Waals surface area contributed by atoms with Gasteiger partial charge in [-0.1, -0.05) is 6.07 Å². The van der Waals surface area contributed by atoms with Gasteiger partial charge >= 0.3 is 0 Å². The Bertz CT molecular complexity index is 947. The summed E-state index contributed by atoms with van der Waals surface area (Å²) in [6.45, 7) is 3.81. The number of ether oxygens (including phenoxy) is 1. The van der Waals surface area contributed by atoms with Crippen molar-refractivity contribution in [3.8, 4) is 5.88 Å². The predicted molar refractivity (Wildman–Crippen MR) is 98.6 cm³/mol. The molecule has 0 spiro atoms. The molecular formula is C19H22N6O2. The Hall–Kier alpha value is -3.03. The largest absolute Gasteiger partial charge is 0.474 e. The van der Waals surface area contributed by atoms with Crippen LogP contribution in [0.4, 0.5) is 0 Å². The quantitative estimate of drug-likeness (QED) is 0.761. The minimum absolute atomic E-state index is 0.100. The summed E-state index contributed by atoms with van der Waals surface area (Å²) >= 11 is 0. The fourth-order valence-electron chi connectivity index (χ4n) is 3.43. The van der Waals surface area contributed by atoms with Gasteiger partial charge < -0.3 is 10.1 Å². The summed E-state index contributed by atoms with van der Waals surface area (Å²) in [5.74, 6) is 0.997. The van der Waals surface area contributed by atoms with Crippen molar-refractivity contribution in [2.45, 2.75) is 51.7 Å². The second-order valence-electron chi connectivity index (χ2n) is 6.92. The summed E-state index contributed by atoms with van der Waals surface area (Å²) < 4.78 is 7.49. The number of carbonyl (C=O) groups is 1. The van der Waals surface area contributed by atoms with Crippen molar-refractivity contribution in [1.29, 1.82) is 0 Å². The highest BCUT2D eigenvalue weighted by Gasteiger charge is 2.25. The van der Waals surface area contributed by atoms with Gasteiger partial charge in [0, 0.05) is 29.7 Å². The lowest BCUT2D eigenvalue weighted by Gasteiger charge is -2.28. The number of aryl methyl sites for hydroxylation is 2. The maximum absolute atomic E-state index is 12.5. The lowest BCUT2D eigenvalue weighted by Crippen LogP contribution is -2.40. The van der Waals surface area contributed by atoms with E-state index in [0.717, 1.165) is 37.1 Å². The van der Waals surface area contributed by atoms with E-state index in [9.17, 15) is 4.79 Å². The van der Waals surface area contributed by atoms with E-state index in [1.165, 1.54) is 0 Å². The Morgan fingerprint density at radius 1 is 1.19 bits per heavy atom. The molecule has 0 bridgehead atoms. The van der Waals surface area contributed by atoms with Crippen LogP contribution in [0.3, 0.4) is 0 Å². The van der Waals surface area contributed by atoms with Crippen molar-refractivity contribution < 1.29 is 9.53 Å². The van der Waals surface area contributed by atoms with Crippen LogP contribution in [0.1, 0.15) is 47.7 Å². The molecule has 140 valence electrons. The van der Waals surface area contributed by atoms with Crippen molar-refractivity contribution in [3.63, 3.8) is 0 Å². The van der Waals surface area contributed by atoms with Crippen molar-refractivity contribution in [3.05, 3.63) is 47.7 Å². The van der Waals surface area contributed by atoms with E-state index in [2.05, 4.69) is 25.4 Å². The Morgan fingerprint density at radius 2 is 2.00 bits per heavy atom. The average Bonchev–Trinajstić information content (AvgIpc) is 3.09. The van der Waals surface area contributed by atoms with E-state index in [0.29, 0.717) is 11.7 Å². The van der Waals surface area contributed by atoms with Gasteiger partial charge in [-0.2, -0.15) is 4.98 Å². The minimum Gasteiger partial charge on any atom is -0.474 e. The van der Waals surface area contributed by atoms with E-state index < -0.39 is 0 Å². The molecule has 0 aromatic carbocycles. The number of nitrogens with one attached hydrogen (secondary N) is 1. The van der Waals surface area contributed by atoms with Crippen LogP contribution in [0, 0.1) is 13.8 Å². The highest BCUT2D eigenvalue weighted by atomic mass is 16.5. The summed E-state index contributed by atoms with van der Waals surface area (Å²) in [4.78, 5) is 25.3. The van der Waals surface area contributed by atoms with Crippen LogP contribution in [0.5, 0.6) is 5.88 Å². The Labute approximate surface area is 157 Å². The van der Waals surface area contributed by atoms with Crippen molar-refractivity contribution >= 4 is 11.7 Å². The number of pyridine rings is 1. The van der Waals surface area contributed by atoms with Gasteiger partial charge in [-0.25, -0.2) is 14.5 Å². The summed E-state index contributed by atoms with van der Waals surface area (Å²) in [7, 11) is 0. The highest BCUT2D eigenvalue weighted by molar-refractivity contribution is 5.91. The number of hydrogen-bond acceptors (Lipinski definition) is 6. The predicted octanol–water partition coefficient (Wildman–Crippen LogP) is 2.26. The summed E-state index contributed by atoms with van der Waals surface area (Å²) in [5.41, 5.74) is 1.75. The maximum Gasteiger partial charge on any atom is 0.291 e. The van der Waals surface area contributed by atoms with Crippen LogP contribution in [-0.4, -0.2) is 42.6 Å². The van der Waals surface area contributed by atoms with Crippen molar-refractivity contribution in [1.82, 2.24) is 29.9 Å². The fraction of sp³-hybridized carbons (Fsp3) is 0.421. The monoisotopic (exact) mass is 366 g/mol. The second-order valence-corrected chi connectivity index (χ2v) is 6.92. The van der Waals surface area contributed by atoms with Gasteiger partial charge in [0.05, 0.1) is 0 Å². The number of amides is 1. The molecule has 1 amide bonds. The molecule has 1 aliphatic rings. The molecule has 1 N–H and O–H groups in total. The lowest BCUT2D eigenvalue weighted by atomic mass is 9.93. The number of carbonyl (C=O) groups excluding carboxylic acids is 1. The molecule has 3 aromatic heterocycles. The number of nitrogens with zero attached hydrogens (tertiary/aromatic N) is 5. The number of fused-ring (bicyclic) bond motifs is 1. The van der Waals surface area contributed by atoms with Gasteiger partial charge in [0.15, 0.2) is 0 Å². The molecule has 0 aliphatic heterocycles. The Morgan fingerprint density at radius 3 is 2.74 bits per heavy atom. The lowest BCUT2D eigenvalue weighted by molar-refractivity contribution is 0.0880. The molecule has 0 atom stereocenters. The van der Waals surface area contributed by atoms with Crippen LogP contribution in [0.15, 0.2) is 30.5 Å². The molecule has 1 saturated carbocycles. The molecule has 3 heterocycles. The van der Waals surface area contributed by atoms with E-state index >= 15 is 0 Å². The molecule has 0 radical (unpaired) electrons. The van der Waals surface area contributed by atoms with E-state index in [-0.39, 0.29) is 23.9 Å². The topological polar surface area (TPSA) is 94.3 Å². The molecule has 3 aromatic rings. The first kappa shape index (κ1) is 17.4. The van der Waals surface area contributed by atoms with Gasteiger partial charge in [0.1, 0.15) is 6.10 Å². The summed E-state index contributed by atoms with van der Waals surface area (Å²) in [6.07, 6.45) is 5.32. The number of hydrogen-bond donors (Lipinski definition) is 1. The minimum atomic E-state index is -0.258. The van der Waals surface area contributed by atoms with Gasteiger partial charge in [-0.05, 0) is 51.7 Å². The SMILES string of the molecule is Cc1cc(C)n2nc(C(=O)NC3CCC(Oc4ccccn4)CC3)nc2n1.